The van der Waals surface area contributed by atoms with Crippen molar-refractivity contribution < 1.29 is 4.79 Å². The Balaban J connectivity index is 0.000000189. The number of nitrogens with zero attached hydrogens (tertiary/aromatic N) is 4. The van der Waals surface area contributed by atoms with Crippen LogP contribution in [0.4, 0.5) is 5.69 Å². The van der Waals surface area contributed by atoms with Crippen LogP contribution in [0.15, 0.2) is 77.3 Å². The molecule has 3 heterocycles. The number of aryl methyl sites for hydroxylation is 2. The molecule has 1 saturated heterocycles. The second-order valence-electron chi connectivity index (χ2n) is 8.97. The monoisotopic (exact) mass is 499 g/mol. The van der Waals surface area contributed by atoms with Gasteiger partial charge < -0.3 is 5.32 Å². The third-order valence-corrected chi connectivity index (χ3v) is 7.12. The molecule has 1 N–H and O–H groups in total. The van der Waals surface area contributed by atoms with Crippen LogP contribution in [0.5, 0.6) is 0 Å². The molecule has 0 saturated carbocycles. The maximum Gasteiger partial charge on any atom is 0.194 e. The summed E-state index contributed by atoms with van der Waals surface area (Å²) in [6.45, 7) is 14.6. The van der Waals surface area contributed by atoms with E-state index in [1.165, 1.54) is 30.0 Å². The van der Waals surface area contributed by atoms with E-state index < -0.39 is 0 Å². The number of para-hydroxylation sites is 1. The van der Waals surface area contributed by atoms with Gasteiger partial charge >= 0.3 is 0 Å². The van der Waals surface area contributed by atoms with Gasteiger partial charge in [-0.1, -0.05) is 49.0 Å². The Morgan fingerprint density at radius 3 is 2.50 bits per heavy atom. The number of nitrogens with one attached hydrogen (secondary N) is 1. The normalized spacial score (nSPS) is 14.1. The fourth-order valence-corrected chi connectivity index (χ4v) is 4.84. The Kier molecular flexibility index (Phi) is 8.59. The molecule has 0 radical (unpaired) electrons. The van der Waals surface area contributed by atoms with Gasteiger partial charge in [-0.05, 0) is 38.0 Å². The third kappa shape index (κ3) is 6.43. The molecule has 0 amide bonds. The SMILES string of the molecule is C=C(C=Nc1ccccc1C)C(C)=O.Cc1ccccc1-c1cn2c(CN3CCNCC3)csc2n1. The number of ketones is 1. The molecule has 0 atom stereocenters. The van der Waals surface area contributed by atoms with Crippen LogP contribution in [0.2, 0.25) is 0 Å². The Morgan fingerprint density at radius 2 is 1.81 bits per heavy atom. The summed E-state index contributed by atoms with van der Waals surface area (Å²) in [4.78, 5) is 23.4. The number of allylic oxidation sites excluding steroid dienone is 1. The van der Waals surface area contributed by atoms with Crippen molar-refractivity contribution in [3.63, 3.8) is 0 Å². The lowest BCUT2D eigenvalue weighted by molar-refractivity contribution is -0.113. The molecular formula is C29H33N5OS. The van der Waals surface area contributed by atoms with E-state index in [1.54, 1.807) is 11.3 Å². The second-order valence-corrected chi connectivity index (χ2v) is 9.81. The van der Waals surface area contributed by atoms with Crippen LogP contribution in [0, 0.1) is 13.8 Å². The molecule has 186 valence electrons. The number of piperazine rings is 1. The number of hydrogen-bond acceptors (Lipinski definition) is 6. The number of carbonyl (C=O) groups excluding carboxylic acids is 1. The first-order chi connectivity index (χ1) is 17.4. The van der Waals surface area contributed by atoms with Crippen LogP contribution < -0.4 is 5.32 Å². The predicted octanol–water partition coefficient (Wildman–Crippen LogP) is 5.62. The summed E-state index contributed by atoms with van der Waals surface area (Å²) in [6.07, 6.45) is 3.69. The largest absolute Gasteiger partial charge is 0.314 e. The molecule has 36 heavy (non-hydrogen) atoms. The van der Waals surface area contributed by atoms with Crippen molar-refractivity contribution in [2.24, 2.45) is 4.99 Å². The molecule has 0 aliphatic carbocycles. The molecular weight excluding hydrogens is 466 g/mol. The third-order valence-electron chi connectivity index (χ3n) is 6.23. The Morgan fingerprint density at radius 1 is 1.11 bits per heavy atom. The van der Waals surface area contributed by atoms with Crippen LogP contribution >= 0.6 is 11.3 Å². The van der Waals surface area contributed by atoms with E-state index in [4.69, 9.17) is 4.98 Å². The van der Waals surface area contributed by atoms with Crippen molar-refractivity contribution in [2.45, 2.75) is 27.3 Å². The van der Waals surface area contributed by atoms with Gasteiger partial charge in [-0.3, -0.25) is 19.1 Å². The summed E-state index contributed by atoms with van der Waals surface area (Å²) in [5.41, 5.74) is 7.30. The Bertz CT molecular complexity index is 1380. The smallest absolute Gasteiger partial charge is 0.194 e. The molecule has 0 bridgehead atoms. The highest BCUT2D eigenvalue weighted by Crippen LogP contribution is 2.26. The number of aliphatic imine (C=N–C) groups is 1. The van der Waals surface area contributed by atoms with E-state index >= 15 is 0 Å². The molecule has 2 aromatic heterocycles. The molecule has 1 aliphatic rings. The van der Waals surface area contributed by atoms with Gasteiger partial charge in [0, 0.05) is 67.3 Å². The van der Waals surface area contributed by atoms with Gasteiger partial charge in [0.2, 0.25) is 0 Å². The molecule has 7 heteroatoms. The van der Waals surface area contributed by atoms with Gasteiger partial charge in [-0.2, -0.15) is 0 Å². The molecule has 2 aromatic carbocycles. The Hall–Kier alpha value is -3.39. The van der Waals surface area contributed by atoms with E-state index in [1.807, 2.05) is 31.2 Å². The van der Waals surface area contributed by atoms with Crippen molar-refractivity contribution in [3.05, 3.63) is 89.1 Å². The zero-order valence-electron chi connectivity index (χ0n) is 21.2. The number of aromatic nitrogens is 2. The van der Waals surface area contributed by atoms with Crippen molar-refractivity contribution in [1.82, 2.24) is 19.6 Å². The zero-order valence-corrected chi connectivity index (χ0v) is 22.0. The van der Waals surface area contributed by atoms with Crippen molar-refractivity contribution in [2.75, 3.05) is 26.2 Å². The van der Waals surface area contributed by atoms with Gasteiger partial charge in [0.05, 0.1) is 11.4 Å². The molecule has 1 fully saturated rings. The summed E-state index contributed by atoms with van der Waals surface area (Å²) in [7, 11) is 0. The van der Waals surface area contributed by atoms with Crippen LogP contribution in [-0.2, 0) is 11.3 Å². The summed E-state index contributed by atoms with van der Waals surface area (Å²) in [5.74, 6) is -0.0534. The lowest BCUT2D eigenvalue weighted by Crippen LogP contribution is -2.43. The minimum Gasteiger partial charge on any atom is -0.314 e. The number of carbonyl (C=O) groups is 1. The van der Waals surface area contributed by atoms with Gasteiger partial charge in [0.15, 0.2) is 10.7 Å². The maximum absolute atomic E-state index is 10.9. The molecule has 6 nitrogen and oxygen atoms in total. The lowest BCUT2D eigenvalue weighted by atomic mass is 10.1. The highest BCUT2D eigenvalue weighted by Gasteiger charge is 2.15. The average Bonchev–Trinajstić information content (AvgIpc) is 3.46. The first kappa shape index (κ1) is 25.7. The summed E-state index contributed by atoms with van der Waals surface area (Å²) in [6, 6.07) is 16.2. The van der Waals surface area contributed by atoms with E-state index in [0.29, 0.717) is 5.57 Å². The van der Waals surface area contributed by atoms with E-state index in [-0.39, 0.29) is 5.78 Å². The standard InChI is InChI=1S/C17H20N4S.C12H13NO/c1-13-4-2-3-5-15(13)16-11-21-14(12-22-17(21)19-16)10-20-8-6-18-7-9-20;1-9-6-4-5-7-12(9)13-8-10(2)11(3)14/h2-5,11-12,18H,6-10H2,1H3;4-8H,2H2,1,3H3. The fraction of sp³-hybridized carbons (Fsp3) is 0.276. The fourth-order valence-electron chi connectivity index (χ4n) is 3.98. The summed E-state index contributed by atoms with van der Waals surface area (Å²) < 4.78 is 2.26. The highest BCUT2D eigenvalue weighted by atomic mass is 32.1. The topological polar surface area (TPSA) is 62.0 Å². The van der Waals surface area contributed by atoms with Gasteiger partial charge in [-0.15, -0.1) is 11.3 Å². The summed E-state index contributed by atoms with van der Waals surface area (Å²) in [5, 5.41) is 5.65. The van der Waals surface area contributed by atoms with E-state index in [2.05, 4.69) is 69.0 Å². The second kappa shape index (κ2) is 12.0. The number of rotatable bonds is 6. The molecule has 4 aromatic rings. The van der Waals surface area contributed by atoms with Crippen LogP contribution in [0.25, 0.3) is 16.2 Å². The molecule has 1 aliphatic heterocycles. The average molecular weight is 500 g/mol. The van der Waals surface area contributed by atoms with E-state index in [0.717, 1.165) is 54.6 Å². The number of benzene rings is 2. The van der Waals surface area contributed by atoms with Crippen molar-refractivity contribution in [1.29, 1.82) is 0 Å². The first-order valence-corrected chi connectivity index (χ1v) is 13.0. The van der Waals surface area contributed by atoms with Gasteiger partial charge in [0.25, 0.3) is 0 Å². The predicted molar refractivity (Wildman–Crippen MR) is 151 cm³/mol. The zero-order chi connectivity index (χ0) is 25.5. The molecule has 5 rings (SSSR count). The Labute approximate surface area is 217 Å². The van der Waals surface area contributed by atoms with E-state index in [9.17, 15) is 4.79 Å². The number of hydrogen-bond donors (Lipinski definition) is 1. The van der Waals surface area contributed by atoms with Crippen LogP contribution in [0.3, 0.4) is 0 Å². The minimum atomic E-state index is -0.0534. The summed E-state index contributed by atoms with van der Waals surface area (Å²) >= 11 is 1.73. The van der Waals surface area contributed by atoms with Crippen molar-refractivity contribution >= 4 is 34.0 Å². The number of Topliss-reactive ketones (excluding diaryl/α,β-unsaturated/α-hetero) is 1. The first-order valence-electron chi connectivity index (χ1n) is 12.2. The number of thiazole rings is 1. The van der Waals surface area contributed by atoms with Crippen LogP contribution in [-0.4, -0.2) is 52.5 Å². The molecule has 0 spiro atoms. The quantitative estimate of drug-likeness (QED) is 0.276. The van der Waals surface area contributed by atoms with Crippen LogP contribution in [0.1, 0.15) is 23.7 Å². The molecule has 0 unspecified atom stereocenters. The van der Waals surface area contributed by atoms with Gasteiger partial charge in [0.1, 0.15) is 0 Å². The minimum absolute atomic E-state index is 0.0534. The number of imidazole rings is 1. The highest BCUT2D eigenvalue weighted by molar-refractivity contribution is 7.15. The number of fused-ring (bicyclic) bond motifs is 1. The maximum atomic E-state index is 10.9. The van der Waals surface area contributed by atoms with Gasteiger partial charge in [-0.25, -0.2) is 4.98 Å². The lowest BCUT2D eigenvalue weighted by Gasteiger charge is -2.26. The van der Waals surface area contributed by atoms with Crippen molar-refractivity contribution in [3.8, 4) is 11.3 Å².